The minimum atomic E-state index is 0.217. The molecule has 0 spiro atoms. The highest BCUT2D eigenvalue weighted by Gasteiger charge is 2.10. The highest BCUT2D eigenvalue weighted by Crippen LogP contribution is 2.14. The molecule has 0 fully saturated rings. The maximum absolute atomic E-state index is 5.30. The SMILES string of the molecule is CCCCc1ccc(NC(C)C(C)OC)cc1. The monoisotopic (exact) mass is 235 g/mol. The molecule has 1 rings (SSSR count). The predicted molar refractivity (Wildman–Crippen MR) is 74.6 cm³/mol. The van der Waals surface area contributed by atoms with E-state index in [1.165, 1.54) is 30.5 Å². The molecule has 0 heterocycles. The van der Waals surface area contributed by atoms with Gasteiger partial charge in [-0.3, -0.25) is 0 Å². The highest BCUT2D eigenvalue weighted by atomic mass is 16.5. The van der Waals surface area contributed by atoms with Gasteiger partial charge in [0.2, 0.25) is 0 Å². The maximum Gasteiger partial charge on any atom is 0.0741 e. The van der Waals surface area contributed by atoms with E-state index < -0.39 is 0 Å². The van der Waals surface area contributed by atoms with Crippen LogP contribution in [0, 0.1) is 0 Å². The van der Waals surface area contributed by atoms with E-state index in [2.05, 4.69) is 50.4 Å². The van der Waals surface area contributed by atoms with Crippen LogP contribution in [0.1, 0.15) is 39.2 Å². The Morgan fingerprint density at radius 1 is 1.18 bits per heavy atom. The molecule has 2 heteroatoms. The number of unbranched alkanes of at least 4 members (excludes halogenated alkanes) is 1. The van der Waals surface area contributed by atoms with Gasteiger partial charge in [-0.15, -0.1) is 0 Å². The standard InChI is InChI=1S/C15H25NO/c1-5-6-7-14-8-10-15(11-9-14)16-12(2)13(3)17-4/h8-13,16H,5-7H2,1-4H3. The van der Waals surface area contributed by atoms with Crippen LogP contribution in [0.25, 0.3) is 0 Å². The minimum absolute atomic E-state index is 0.217. The predicted octanol–water partition coefficient (Wildman–Crippen LogP) is 3.86. The average Bonchev–Trinajstić information content (AvgIpc) is 2.37. The number of hydrogen-bond acceptors (Lipinski definition) is 2. The molecule has 1 N–H and O–H groups in total. The molecule has 0 aliphatic carbocycles. The molecule has 1 aromatic carbocycles. The van der Waals surface area contributed by atoms with Gasteiger partial charge in [0.15, 0.2) is 0 Å². The summed E-state index contributed by atoms with van der Waals surface area (Å²) >= 11 is 0. The summed E-state index contributed by atoms with van der Waals surface area (Å²) in [5.41, 5.74) is 2.59. The first-order valence-electron chi connectivity index (χ1n) is 6.55. The van der Waals surface area contributed by atoms with E-state index in [1.807, 2.05) is 0 Å². The largest absolute Gasteiger partial charge is 0.380 e. The van der Waals surface area contributed by atoms with Crippen LogP contribution >= 0.6 is 0 Å². The summed E-state index contributed by atoms with van der Waals surface area (Å²) in [6, 6.07) is 9.06. The second-order valence-corrected chi connectivity index (χ2v) is 4.67. The van der Waals surface area contributed by atoms with Gasteiger partial charge in [-0.2, -0.15) is 0 Å². The van der Waals surface area contributed by atoms with Crippen LogP contribution in [0.15, 0.2) is 24.3 Å². The van der Waals surface area contributed by atoms with E-state index >= 15 is 0 Å². The summed E-state index contributed by atoms with van der Waals surface area (Å²) in [6.45, 7) is 6.44. The van der Waals surface area contributed by atoms with E-state index in [0.29, 0.717) is 6.04 Å². The smallest absolute Gasteiger partial charge is 0.0741 e. The quantitative estimate of drug-likeness (QED) is 0.774. The number of nitrogens with one attached hydrogen (secondary N) is 1. The second kappa shape index (κ2) is 7.33. The van der Waals surface area contributed by atoms with Crippen LogP contribution in [-0.2, 0) is 11.2 Å². The number of aryl methyl sites for hydroxylation is 1. The Balaban J connectivity index is 2.50. The normalized spacial score (nSPS) is 14.4. The molecule has 0 aliphatic heterocycles. The lowest BCUT2D eigenvalue weighted by Gasteiger charge is -2.21. The fraction of sp³-hybridized carbons (Fsp3) is 0.600. The Hall–Kier alpha value is -1.02. The van der Waals surface area contributed by atoms with Crippen molar-refractivity contribution in [2.75, 3.05) is 12.4 Å². The third-order valence-corrected chi connectivity index (χ3v) is 3.24. The highest BCUT2D eigenvalue weighted by molar-refractivity contribution is 5.45. The van der Waals surface area contributed by atoms with E-state index in [1.54, 1.807) is 7.11 Å². The summed E-state index contributed by atoms with van der Waals surface area (Å²) in [6.07, 6.45) is 3.92. The van der Waals surface area contributed by atoms with Crippen LogP contribution in [0.3, 0.4) is 0 Å². The van der Waals surface area contributed by atoms with Crippen molar-refractivity contribution in [1.29, 1.82) is 0 Å². The molecule has 0 bridgehead atoms. The summed E-state index contributed by atoms with van der Waals surface area (Å²) in [4.78, 5) is 0. The number of benzene rings is 1. The molecule has 96 valence electrons. The molecule has 2 atom stereocenters. The molecule has 0 aromatic heterocycles. The summed E-state index contributed by atoms with van der Waals surface area (Å²) in [5.74, 6) is 0. The molecule has 0 saturated heterocycles. The van der Waals surface area contributed by atoms with E-state index in [-0.39, 0.29) is 6.10 Å². The fourth-order valence-electron chi connectivity index (χ4n) is 1.73. The third-order valence-electron chi connectivity index (χ3n) is 3.24. The first kappa shape index (κ1) is 14.0. The molecule has 0 aliphatic rings. The Morgan fingerprint density at radius 3 is 2.35 bits per heavy atom. The number of anilines is 1. The van der Waals surface area contributed by atoms with Crippen molar-refractivity contribution in [2.45, 2.75) is 52.2 Å². The fourth-order valence-corrected chi connectivity index (χ4v) is 1.73. The molecular formula is C15H25NO. The molecular weight excluding hydrogens is 210 g/mol. The first-order chi connectivity index (χ1) is 8.17. The van der Waals surface area contributed by atoms with E-state index in [0.717, 1.165) is 0 Å². The zero-order valence-corrected chi connectivity index (χ0v) is 11.5. The van der Waals surface area contributed by atoms with Gasteiger partial charge in [-0.1, -0.05) is 25.5 Å². The van der Waals surface area contributed by atoms with Crippen molar-refractivity contribution in [2.24, 2.45) is 0 Å². The Morgan fingerprint density at radius 2 is 1.82 bits per heavy atom. The number of hydrogen-bond donors (Lipinski definition) is 1. The van der Waals surface area contributed by atoms with Crippen LogP contribution < -0.4 is 5.32 Å². The van der Waals surface area contributed by atoms with Gasteiger partial charge >= 0.3 is 0 Å². The van der Waals surface area contributed by atoms with Crippen LogP contribution in [0.2, 0.25) is 0 Å². The summed E-state index contributed by atoms with van der Waals surface area (Å²) in [7, 11) is 1.75. The van der Waals surface area contributed by atoms with Gasteiger partial charge in [0.25, 0.3) is 0 Å². The van der Waals surface area contributed by atoms with Crippen molar-refractivity contribution in [3.8, 4) is 0 Å². The van der Waals surface area contributed by atoms with E-state index in [4.69, 9.17) is 4.74 Å². The zero-order valence-electron chi connectivity index (χ0n) is 11.5. The third kappa shape index (κ3) is 4.78. The molecule has 0 radical (unpaired) electrons. The van der Waals surface area contributed by atoms with Crippen LogP contribution in [-0.4, -0.2) is 19.3 Å². The van der Waals surface area contributed by atoms with Gasteiger partial charge < -0.3 is 10.1 Å². The number of methoxy groups -OCH3 is 1. The van der Waals surface area contributed by atoms with Crippen molar-refractivity contribution < 1.29 is 4.74 Å². The number of ether oxygens (including phenoxy) is 1. The lowest BCUT2D eigenvalue weighted by molar-refractivity contribution is 0.106. The number of rotatable bonds is 7. The van der Waals surface area contributed by atoms with Crippen molar-refractivity contribution >= 4 is 5.69 Å². The van der Waals surface area contributed by atoms with E-state index in [9.17, 15) is 0 Å². The first-order valence-corrected chi connectivity index (χ1v) is 6.55. The van der Waals surface area contributed by atoms with Crippen LogP contribution in [0.4, 0.5) is 5.69 Å². The van der Waals surface area contributed by atoms with Gasteiger partial charge in [0.1, 0.15) is 0 Å². The van der Waals surface area contributed by atoms with Gasteiger partial charge in [-0.05, 0) is 44.4 Å². The molecule has 1 aromatic rings. The molecule has 17 heavy (non-hydrogen) atoms. The van der Waals surface area contributed by atoms with Crippen LogP contribution in [0.5, 0.6) is 0 Å². The van der Waals surface area contributed by atoms with Gasteiger partial charge in [0, 0.05) is 18.8 Å². The summed E-state index contributed by atoms with van der Waals surface area (Å²) < 4.78 is 5.30. The molecule has 0 amide bonds. The lowest BCUT2D eigenvalue weighted by Crippen LogP contribution is -2.29. The Bertz CT molecular complexity index is 307. The lowest BCUT2D eigenvalue weighted by atomic mass is 10.1. The van der Waals surface area contributed by atoms with Crippen molar-refractivity contribution in [3.63, 3.8) is 0 Å². The minimum Gasteiger partial charge on any atom is -0.380 e. The maximum atomic E-state index is 5.30. The molecule has 0 saturated carbocycles. The second-order valence-electron chi connectivity index (χ2n) is 4.67. The van der Waals surface area contributed by atoms with Gasteiger partial charge in [-0.25, -0.2) is 0 Å². The Kier molecular flexibility index (Phi) is 6.06. The van der Waals surface area contributed by atoms with Crippen molar-refractivity contribution in [3.05, 3.63) is 29.8 Å². The zero-order chi connectivity index (χ0) is 12.7. The Labute approximate surface area is 105 Å². The van der Waals surface area contributed by atoms with Gasteiger partial charge in [0.05, 0.1) is 6.10 Å². The average molecular weight is 235 g/mol. The molecule has 2 unspecified atom stereocenters. The molecule has 2 nitrogen and oxygen atoms in total. The van der Waals surface area contributed by atoms with Crippen molar-refractivity contribution in [1.82, 2.24) is 0 Å². The summed E-state index contributed by atoms with van der Waals surface area (Å²) in [5, 5.41) is 3.45. The topological polar surface area (TPSA) is 21.3 Å².